The molecular formula is C15H32O3. The maximum Gasteiger partial charge on any atom is 0.0494 e. The molecule has 0 amide bonds. The first-order valence-corrected chi connectivity index (χ1v) is 7.61. The molecule has 0 spiro atoms. The van der Waals surface area contributed by atoms with Gasteiger partial charge in [-0.15, -0.1) is 0 Å². The first-order valence-electron chi connectivity index (χ1n) is 7.61. The van der Waals surface area contributed by atoms with Crippen LogP contribution in [-0.4, -0.2) is 38.1 Å². The first kappa shape index (κ1) is 17.9. The standard InChI is InChI=1S/C15H32O3/c1-3-9-15(4-2)14-18-13-8-7-12-17-11-6-5-10-16/h15-16H,3-14H2,1-2H3. The lowest BCUT2D eigenvalue weighted by atomic mass is 10.0. The van der Waals surface area contributed by atoms with Gasteiger partial charge < -0.3 is 14.6 Å². The molecule has 0 saturated carbocycles. The number of hydrogen-bond acceptors (Lipinski definition) is 3. The van der Waals surface area contributed by atoms with Crippen molar-refractivity contribution in [3.63, 3.8) is 0 Å². The summed E-state index contributed by atoms with van der Waals surface area (Å²) in [6.07, 6.45) is 7.73. The van der Waals surface area contributed by atoms with E-state index in [4.69, 9.17) is 14.6 Å². The molecule has 0 aromatic heterocycles. The Morgan fingerprint density at radius 3 is 2.06 bits per heavy atom. The van der Waals surface area contributed by atoms with Gasteiger partial charge in [-0.05, 0) is 38.0 Å². The van der Waals surface area contributed by atoms with Crippen molar-refractivity contribution >= 4 is 0 Å². The van der Waals surface area contributed by atoms with Crippen LogP contribution in [0.15, 0.2) is 0 Å². The summed E-state index contributed by atoms with van der Waals surface area (Å²) in [4.78, 5) is 0. The summed E-state index contributed by atoms with van der Waals surface area (Å²) in [7, 11) is 0. The van der Waals surface area contributed by atoms with Crippen molar-refractivity contribution in [2.75, 3.05) is 33.0 Å². The minimum atomic E-state index is 0.271. The van der Waals surface area contributed by atoms with E-state index in [1.54, 1.807) is 0 Å². The second kappa shape index (κ2) is 14.9. The largest absolute Gasteiger partial charge is 0.396 e. The first-order chi connectivity index (χ1) is 8.85. The molecule has 0 heterocycles. The van der Waals surface area contributed by atoms with Crippen molar-refractivity contribution in [3.05, 3.63) is 0 Å². The van der Waals surface area contributed by atoms with Gasteiger partial charge in [0, 0.05) is 33.0 Å². The molecule has 110 valence electrons. The highest BCUT2D eigenvalue weighted by Gasteiger charge is 2.04. The molecule has 0 aliphatic heterocycles. The van der Waals surface area contributed by atoms with Crippen LogP contribution in [0.1, 0.15) is 58.8 Å². The third kappa shape index (κ3) is 12.3. The van der Waals surface area contributed by atoms with Crippen LogP contribution in [0.2, 0.25) is 0 Å². The van der Waals surface area contributed by atoms with Crippen LogP contribution in [0.25, 0.3) is 0 Å². The molecule has 1 atom stereocenters. The Morgan fingerprint density at radius 1 is 0.889 bits per heavy atom. The Kier molecular flexibility index (Phi) is 14.8. The van der Waals surface area contributed by atoms with Crippen molar-refractivity contribution in [2.24, 2.45) is 5.92 Å². The number of unbranched alkanes of at least 4 members (excludes halogenated alkanes) is 2. The van der Waals surface area contributed by atoms with Crippen LogP contribution in [0.5, 0.6) is 0 Å². The lowest BCUT2D eigenvalue weighted by Gasteiger charge is -2.13. The Balaban J connectivity index is 3.10. The molecule has 0 aliphatic rings. The summed E-state index contributed by atoms with van der Waals surface area (Å²) in [5.41, 5.74) is 0. The van der Waals surface area contributed by atoms with Gasteiger partial charge in [-0.3, -0.25) is 0 Å². The lowest BCUT2D eigenvalue weighted by molar-refractivity contribution is 0.0785. The molecule has 0 radical (unpaired) electrons. The minimum absolute atomic E-state index is 0.271. The second-order valence-corrected chi connectivity index (χ2v) is 4.89. The molecule has 0 fully saturated rings. The van der Waals surface area contributed by atoms with Gasteiger partial charge >= 0.3 is 0 Å². The predicted molar refractivity (Wildman–Crippen MR) is 75.9 cm³/mol. The van der Waals surface area contributed by atoms with E-state index in [9.17, 15) is 0 Å². The minimum Gasteiger partial charge on any atom is -0.396 e. The van der Waals surface area contributed by atoms with E-state index in [1.165, 1.54) is 19.3 Å². The third-order valence-corrected chi connectivity index (χ3v) is 3.15. The molecule has 0 aromatic carbocycles. The zero-order chi connectivity index (χ0) is 13.5. The molecule has 3 nitrogen and oxygen atoms in total. The van der Waals surface area contributed by atoms with Crippen molar-refractivity contribution in [1.82, 2.24) is 0 Å². The zero-order valence-electron chi connectivity index (χ0n) is 12.3. The van der Waals surface area contributed by atoms with Gasteiger partial charge in [0.1, 0.15) is 0 Å². The van der Waals surface area contributed by atoms with Crippen LogP contribution >= 0.6 is 0 Å². The smallest absolute Gasteiger partial charge is 0.0494 e. The van der Waals surface area contributed by atoms with E-state index >= 15 is 0 Å². The average Bonchev–Trinajstić information content (AvgIpc) is 2.39. The van der Waals surface area contributed by atoms with Crippen LogP contribution in [0, 0.1) is 5.92 Å². The Labute approximate surface area is 113 Å². The molecule has 0 saturated heterocycles. The molecule has 1 unspecified atom stereocenters. The van der Waals surface area contributed by atoms with Gasteiger partial charge in [-0.2, -0.15) is 0 Å². The van der Waals surface area contributed by atoms with Crippen LogP contribution < -0.4 is 0 Å². The van der Waals surface area contributed by atoms with Crippen LogP contribution in [0.3, 0.4) is 0 Å². The highest BCUT2D eigenvalue weighted by Crippen LogP contribution is 2.11. The molecular weight excluding hydrogens is 228 g/mol. The maximum atomic E-state index is 8.60. The van der Waals surface area contributed by atoms with Crippen molar-refractivity contribution in [1.29, 1.82) is 0 Å². The van der Waals surface area contributed by atoms with E-state index < -0.39 is 0 Å². The van der Waals surface area contributed by atoms with Crippen LogP contribution in [0.4, 0.5) is 0 Å². The summed E-state index contributed by atoms with van der Waals surface area (Å²) in [6, 6.07) is 0. The van der Waals surface area contributed by atoms with Crippen molar-refractivity contribution < 1.29 is 14.6 Å². The summed E-state index contributed by atoms with van der Waals surface area (Å²) in [5, 5.41) is 8.60. The van der Waals surface area contributed by atoms with Crippen molar-refractivity contribution in [3.8, 4) is 0 Å². The van der Waals surface area contributed by atoms with E-state index in [-0.39, 0.29) is 6.61 Å². The van der Waals surface area contributed by atoms with Gasteiger partial charge in [0.05, 0.1) is 0 Å². The topological polar surface area (TPSA) is 38.7 Å². The number of aliphatic hydroxyl groups is 1. The average molecular weight is 260 g/mol. The summed E-state index contributed by atoms with van der Waals surface area (Å²) in [5.74, 6) is 0.740. The predicted octanol–water partition coefficient (Wildman–Crippen LogP) is 3.40. The monoisotopic (exact) mass is 260 g/mol. The van der Waals surface area contributed by atoms with Crippen molar-refractivity contribution in [2.45, 2.75) is 58.8 Å². The number of hydrogen-bond donors (Lipinski definition) is 1. The molecule has 3 heteroatoms. The van der Waals surface area contributed by atoms with Gasteiger partial charge in [-0.25, -0.2) is 0 Å². The molecule has 0 aromatic rings. The lowest BCUT2D eigenvalue weighted by Crippen LogP contribution is -2.09. The fourth-order valence-electron chi connectivity index (χ4n) is 1.89. The normalized spacial score (nSPS) is 12.8. The SMILES string of the molecule is CCCC(CC)COCCCCOCCCCO. The molecule has 18 heavy (non-hydrogen) atoms. The summed E-state index contributed by atoms with van der Waals surface area (Å²) in [6.45, 7) is 8.12. The molecule has 0 bridgehead atoms. The fraction of sp³-hybridized carbons (Fsp3) is 1.00. The zero-order valence-corrected chi connectivity index (χ0v) is 12.3. The highest BCUT2D eigenvalue weighted by molar-refractivity contribution is 4.54. The summed E-state index contributed by atoms with van der Waals surface area (Å²) < 4.78 is 11.2. The quantitative estimate of drug-likeness (QED) is 0.486. The maximum absolute atomic E-state index is 8.60. The molecule has 0 aliphatic carbocycles. The van der Waals surface area contributed by atoms with Gasteiger partial charge in [0.15, 0.2) is 0 Å². The van der Waals surface area contributed by atoms with Crippen LogP contribution in [-0.2, 0) is 9.47 Å². The van der Waals surface area contributed by atoms with Gasteiger partial charge in [0.25, 0.3) is 0 Å². The van der Waals surface area contributed by atoms with E-state index in [2.05, 4.69) is 13.8 Å². The van der Waals surface area contributed by atoms with Gasteiger partial charge in [-0.1, -0.05) is 26.7 Å². The second-order valence-electron chi connectivity index (χ2n) is 4.89. The third-order valence-electron chi connectivity index (χ3n) is 3.15. The Hall–Kier alpha value is -0.120. The number of rotatable bonds is 14. The number of ether oxygens (including phenoxy) is 2. The van der Waals surface area contributed by atoms with E-state index in [0.717, 1.165) is 58.0 Å². The fourth-order valence-corrected chi connectivity index (χ4v) is 1.89. The molecule has 1 N–H and O–H groups in total. The molecule has 0 rings (SSSR count). The Morgan fingerprint density at radius 2 is 1.50 bits per heavy atom. The highest BCUT2D eigenvalue weighted by atomic mass is 16.5. The summed E-state index contributed by atoms with van der Waals surface area (Å²) >= 11 is 0. The number of aliphatic hydroxyl groups excluding tert-OH is 1. The van der Waals surface area contributed by atoms with Gasteiger partial charge in [0.2, 0.25) is 0 Å². The Bertz CT molecular complexity index is 151. The van der Waals surface area contributed by atoms with E-state index in [1.807, 2.05) is 0 Å². The van der Waals surface area contributed by atoms with E-state index in [0.29, 0.717) is 0 Å².